The molecule has 1 aromatic rings. The van der Waals surface area contributed by atoms with E-state index in [0.717, 1.165) is 31.6 Å². The summed E-state index contributed by atoms with van der Waals surface area (Å²) in [5.41, 5.74) is 2.21. The lowest BCUT2D eigenvalue weighted by molar-refractivity contribution is -0.140. The molecule has 2 fully saturated rings. The molecule has 19 heavy (non-hydrogen) atoms. The van der Waals surface area contributed by atoms with Crippen molar-refractivity contribution in [3.63, 3.8) is 0 Å². The molecule has 0 aromatic carbocycles. The van der Waals surface area contributed by atoms with E-state index < -0.39 is 0 Å². The zero-order valence-corrected chi connectivity index (χ0v) is 11.4. The van der Waals surface area contributed by atoms with Crippen LogP contribution in [0.2, 0.25) is 0 Å². The van der Waals surface area contributed by atoms with Gasteiger partial charge in [-0.05, 0) is 50.4 Å². The number of aryl methyl sites for hydroxylation is 1. The van der Waals surface area contributed by atoms with Gasteiger partial charge in [-0.3, -0.25) is 9.78 Å². The first-order valence-electron chi connectivity index (χ1n) is 7.16. The first kappa shape index (κ1) is 12.6. The van der Waals surface area contributed by atoms with Gasteiger partial charge < -0.3 is 10.2 Å². The van der Waals surface area contributed by atoms with Crippen molar-refractivity contribution in [1.29, 1.82) is 0 Å². The van der Waals surface area contributed by atoms with Crippen molar-refractivity contribution in [2.24, 2.45) is 5.92 Å². The Hall–Kier alpha value is -1.42. The van der Waals surface area contributed by atoms with Gasteiger partial charge in [-0.2, -0.15) is 0 Å². The molecule has 2 unspecified atom stereocenters. The molecule has 2 aliphatic heterocycles. The molecule has 1 amide bonds. The first-order valence-corrected chi connectivity index (χ1v) is 7.16. The molecule has 2 atom stereocenters. The third kappa shape index (κ3) is 2.50. The van der Waals surface area contributed by atoms with E-state index in [2.05, 4.69) is 28.2 Å². The van der Waals surface area contributed by atoms with E-state index in [-0.39, 0.29) is 0 Å². The molecular formula is C15H21N3O. The van der Waals surface area contributed by atoms with Gasteiger partial charge in [-0.1, -0.05) is 6.07 Å². The molecule has 3 heterocycles. The number of amides is 1. The lowest BCUT2D eigenvalue weighted by atomic mass is 9.84. The predicted molar refractivity (Wildman–Crippen MR) is 73.5 cm³/mol. The highest BCUT2D eigenvalue weighted by Crippen LogP contribution is 2.29. The molecule has 2 aliphatic rings. The van der Waals surface area contributed by atoms with Crippen LogP contribution in [0.25, 0.3) is 0 Å². The number of aromatic nitrogens is 1. The van der Waals surface area contributed by atoms with E-state index in [1.54, 1.807) is 0 Å². The van der Waals surface area contributed by atoms with Crippen LogP contribution in [0.4, 0.5) is 0 Å². The number of fused-ring (bicyclic) bond motifs is 1. The summed E-state index contributed by atoms with van der Waals surface area (Å²) in [5.74, 6) is 0.920. The van der Waals surface area contributed by atoms with Crippen molar-refractivity contribution >= 4 is 5.91 Å². The van der Waals surface area contributed by atoms with Gasteiger partial charge in [0.2, 0.25) is 5.91 Å². The fourth-order valence-corrected chi connectivity index (χ4v) is 3.30. The van der Waals surface area contributed by atoms with Crippen molar-refractivity contribution in [3.8, 4) is 0 Å². The first-order chi connectivity index (χ1) is 9.25. The van der Waals surface area contributed by atoms with Crippen molar-refractivity contribution in [2.75, 3.05) is 13.1 Å². The third-order valence-electron chi connectivity index (χ3n) is 4.46. The molecular weight excluding hydrogens is 238 g/mol. The van der Waals surface area contributed by atoms with Gasteiger partial charge >= 0.3 is 0 Å². The summed E-state index contributed by atoms with van der Waals surface area (Å²) in [6, 6.07) is 4.42. The second kappa shape index (κ2) is 5.29. The van der Waals surface area contributed by atoms with Gasteiger partial charge in [0.15, 0.2) is 0 Å². The molecule has 0 spiro atoms. The number of carbonyl (C=O) groups excluding carboxylic acids is 1. The molecule has 0 radical (unpaired) electrons. The van der Waals surface area contributed by atoms with Gasteiger partial charge in [-0.15, -0.1) is 0 Å². The maximum atomic E-state index is 12.2. The number of carbonyl (C=O) groups is 1. The monoisotopic (exact) mass is 259 g/mol. The fourth-order valence-electron chi connectivity index (χ4n) is 3.30. The number of nitrogens with zero attached hydrogens (tertiary/aromatic N) is 2. The standard InChI is InChI=1S/C15H21N3O/c1-11-3-2-7-17-13(11)10-18-14-6-8-16-9-12(14)4-5-15(18)19/h2-3,7,12,14,16H,4-6,8-10H2,1H3. The van der Waals surface area contributed by atoms with E-state index in [0.29, 0.717) is 30.8 Å². The van der Waals surface area contributed by atoms with E-state index in [1.807, 2.05) is 12.3 Å². The Morgan fingerprint density at radius 3 is 3.21 bits per heavy atom. The van der Waals surface area contributed by atoms with Gasteiger partial charge in [0, 0.05) is 18.7 Å². The summed E-state index contributed by atoms with van der Waals surface area (Å²) >= 11 is 0. The minimum atomic E-state index is 0.299. The van der Waals surface area contributed by atoms with Crippen LogP contribution in [-0.4, -0.2) is 34.9 Å². The summed E-state index contributed by atoms with van der Waals surface area (Å²) in [7, 11) is 0. The van der Waals surface area contributed by atoms with Crippen LogP contribution in [0.1, 0.15) is 30.5 Å². The average Bonchev–Trinajstić information content (AvgIpc) is 2.44. The zero-order valence-electron chi connectivity index (χ0n) is 11.4. The number of piperidine rings is 2. The Kier molecular flexibility index (Phi) is 3.51. The second-order valence-electron chi connectivity index (χ2n) is 5.65. The van der Waals surface area contributed by atoms with Crippen molar-refractivity contribution in [3.05, 3.63) is 29.6 Å². The second-order valence-corrected chi connectivity index (χ2v) is 5.65. The molecule has 3 rings (SSSR count). The molecule has 0 aliphatic carbocycles. The SMILES string of the molecule is Cc1cccnc1CN1C(=O)CCC2CNCCC21. The van der Waals surface area contributed by atoms with E-state index in [9.17, 15) is 4.79 Å². The molecule has 1 N–H and O–H groups in total. The molecule has 0 saturated carbocycles. The van der Waals surface area contributed by atoms with E-state index in [1.165, 1.54) is 5.56 Å². The Labute approximate surface area is 114 Å². The lowest BCUT2D eigenvalue weighted by Crippen LogP contribution is -2.54. The lowest BCUT2D eigenvalue weighted by Gasteiger charge is -2.44. The molecule has 4 nitrogen and oxygen atoms in total. The zero-order chi connectivity index (χ0) is 13.2. The van der Waals surface area contributed by atoms with Crippen LogP contribution in [0.3, 0.4) is 0 Å². The summed E-state index contributed by atoms with van der Waals surface area (Å²) in [6.45, 7) is 4.81. The Morgan fingerprint density at radius 1 is 1.47 bits per heavy atom. The number of nitrogens with one attached hydrogen (secondary N) is 1. The summed E-state index contributed by atoms with van der Waals surface area (Å²) in [6.07, 6.45) is 4.61. The summed E-state index contributed by atoms with van der Waals surface area (Å²) < 4.78 is 0. The molecule has 0 bridgehead atoms. The summed E-state index contributed by atoms with van der Waals surface area (Å²) in [4.78, 5) is 18.8. The molecule has 4 heteroatoms. The van der Waals surface area contributed by atoms with Crippen molar-refractivity contribution < 1.29 is 4.79 Å². The van der Waals surface area contributed by atoms with Gasteiger partial charge in [0.25, 0.3) is 0 Å². The molecule has 102 valence electrons. The largest absolute Gasteiger partial charge is 0.333 e. The van der Waals surface area contributed by atoms with Crippen LogP contribution in [-0.2, 0) is 11.3 Å². The Bertz CT molecular complexity index is 474. The third-order valence-corrected chi connectivity index (χ3v) is 4.46. The quantitative estimate of drug-likeness (QED) is 0.875. The highest BCUT2D eigenvalue weighted by atomic mass is 16.2. The molecule has 1 aromatic heterocycles. The van der Waals surface area contributed by atoms with Crippen LogP contribution >= 0.6 is 0 Å². The van der Waals surface area contributed by atoms with Gasteiger partial charge in [-0.25, -0.2) is 0 Å². The highest BCUT2D eigenvalue weighted by Gasteiger charge is 2.37. The number of pyridine rings is 1. The number of rotatable bonds is 2. The topological polar surface area (TPSA) is 45.2 Å². The van der Waals surface area contributed by atoms with Crippen LogP contribution in [0, 0.1) is 12.8 Å². The number of hydrogen-bond acceptors (Lipinski definition) is 3. The fraction of sp³-hybridized carbons (Fsp3) is 0.600. The predicted octanol–water partition coefficient (Wildman–Crippen LogP) is 1.49. The number of likely N-dealkylation sites (tertiary alicyclic amines) is 1. The van der Waals surface area contributed by atoms with E-state index >= 15 is 0 Å². The van der Waals surface area contributed by atoms with Crippen LogP contribution in [0.15, 0.2) is 18.3 Å². The minimum absolute atomic E-state index is 0.299. The van der Waals surface area contributed by atoms with Crippen molar-refractivity contribution in [1.82, 2.24) is 15.2 Å². The number of hydrogen-bond donors (Lipinski definition) is 1. The van der Waals surface area contributed by atoms with Gasteiger partial charge in [0.1, 0.15) is 0 Å². The van der Waals surface area contributed by atoms with E-state index in [4.69, 9.17) is 0 Å². The van der Waals surface area contributed by atoms with Gasteiger partial charge in [0.05, 0.1) is 12.2 Å². The van der Waals surface area contributed by atoms with Crippen LogP contribution in [0.5, 0.6) is 0 Å². The average molecular weight is 259 g/mol. The maximum Gasteiger partial charge on any atom is 0.223 e. The molecule has 2 saturated heterocycles. The van der Waals surface area contributed by atoms with Crippen molar-refractivity contribution in [2.45, 2.75) is 38.8 Å². The Morgan fingerprint density at radius 2 is 2.37 bits per heavy atom. The summed E-state index contributed by atoms with van der Waals surface area (Å²) in [5, 5.41) is 3.44. The van der Waals surface area contributed by atoms with Crippen LogP contribution < -0.4 is 5.32 Å². The maximum absolute atomic E-state index is 12.2. The smallest absolute Gasteiger partial charge is 0.223 e. The minimum Gasteiger partial charge on any atom is -0.333 e. The Balaban J connectivity index is 1.81. The highest BCUT2D eigenvalue weighted by molar-refractivity contribution is 5.77. The normalized spacial score (nSPS) is 27.2.